The van der Waals surface area contributed by atoms with Crippen LogP contribution in [0.1, 0.15) is 33.1 Å². The van der Waals surface area contributed by atoms with Gasteiger partial charge in [-0.2, -0.15) is 0 Å². The molecule has 1 saturated heterocycles. The van der Waals surface area contributed by atoms with Gasteiger partial charge in [0.1, 0.15) is 11.4 Å². The van der Waals surface area contributed by atoms with Gasteiger partial charge in [-0.05, 0) is 26.3 Å². The van der Waals surface area contributed by atoms with Gasteiger partial charge in [-0.25, -0.2) is 4.79 Å². The molecule has 0 aromatic carbocycles. The van der Waals surface area contributed by atoms with E-state index in [1.165, 1.54) is 6.92 Å². The second kappa shape index (κ2) is 4.50. The van der Waals surface area contributed by atoms with Crippen LogP contribution in [-0.2, 0) is 19.1 Å². The number of esters is 1. The average Bonchev–Trinajstić information content (AvgIpc) is 2.69. The number of carbonyl (C=O) groups is 2. The molecule has 114 valence electrons. The lowest BCUT2D eigenvalue weighted by Gasteiger charge is -2.41. The summed E-state index contributed by atoms with van der Waals surface area (Å²) in [7, 11) is 0. The molecule has 2 N–H and O–H groups in total. The van der Waals surface area contributed by atoms with Crippen molar-refractivity contribution in [1.82, 2.24) is 0 Å². The highest BCUT2D eigenvalue weighted by molar-refractivity contribution is 5.95. The number of hydrogen-bond acceptors (Lipinski definition) is 6. The van der Waals surface area contributed by atoms with Crippen molar-refractivity contribution in [3.63, 3.8) is 0 Å². The molecule has 2 bridgehead atoms. The highest BCUT2D eigenvalue weighted by atomic mass is 16.6. The van der Waals surface area contributed by atoms with Gasteiger partial charge < -0.3 is 19.7 Å². The Balaban J connectivity index is 2.11. The van der Waals surface area contributed by atoms with E-state index >= 15 is 0 Å². The second-order valence-corrected chi connectivity index (χ2v) is 6.27. The van der Waals surface area contributed by atoms with Crippen LogP contribution in [0.5, 0.6) is 0 Å². The summed E-state index contributed by atoms with van der Waals surface area (Å²) >= 11 is 0. The SMILES string of the molecule is C[C@]1(O)C[C@H]2O[C@](C)(C=C3OC(=O)C(CO)=C32)CCC1=O. The van der Waals surface area contributed by atoms with Gasteiger partial charge >= 0.3 is 5.97 Å². The quantitative estimate of drug-likeness (QED) is 0.679. The van der Waals surface area contributed by atoms with E-state index in [2.05, 4.69) is 0 Å². The zero-order chi connectivity index (χ0) is 15.4. The highest BCUT2D eigenvalue weighted by Crippen LogP contribution is 2.44. The predicted octanol–water partition coefficient (Wildman–Crippen LogP) is 0.378. The molecule has 3 heterocycles. The van der Waals surface area contributed by atoms with E-state index in [4.69, 9.17) is 9.47 Å². The maximum atomic E-state index is 12.1. The van der Waals surface area contributed by atoms with Crippen LogP contribution < -0.4 is 0 Å². The van der Waals surface area contributed by atoms with Crippen molar-refractivity contribution in [2.45, 2.75) is 50.4 Å². The Morgan fingerprint density at radius 3 is 2.76 bits per heavy atom. The highest BCUT2D eigenvalue weighted by Gasteiger charge is 2.48. The van der Waals surface area contributed by atoms with Crippen molar-refractivity contribution in [2.24, 2.45) is 0 Å². The van der Waals surface area contributed by atoms with Crippen LogP contribution >= 0.6 is 0 Å². The molecule has 3 rings (SSSR count). The minimum absolute atomic E-state index is 0.0359. The molecule has 21 heavy (non-hydrogen) atoms. The Kier molecular flexibility index (Phi) is 3.09. The maximum absolute atomic E-state index is 12.1. The van der Waals surface area contributed by atoms with Crippen molar-refractivity contribution in [2.75, 3.05) is 6.61 Å². The molecule has 3 aliphatic heterocycles. The summed E-state index contributed by atoms with van der Waals surface area (Å²) in [4.78, 5) is 23.9. The van der Waals surface area contributed by atoms with E-state index in [0.717, 1.165) is 0 Å². The van der Waals surface area contributed by atoms with Crippen molar-refractivity contribution >= 4 is 11.8 Å². The number of rotatable bonds is 1. The first-order valence-electron chi connectivity index (χ1n) is 6.98. The van der Waals surface area contributed by atoms with Crippen LogP contribution in [0.25, 0.3) is 0 Å². The number of ketones is 1. The van der Waals surface area contributed by atoms with E-state index in [9.17, 15) is 19.8 Å². The zero-order valence-electron chi connectivity index (χ0n) is 12.0. The van der Waals surface area contributed by atoms with E-state index in [1.54, 1.807) is 6.08 Å². The van der Waals surface area contributed by atoms with Gasteiger partial charge in [0.25, 0.3) is 0 Å². The fourth-order valence-corrected chi connectivity index (χ4v) is 3.16. The van der Waals surface area contributed by atoms with E-state index in [0.29, 0.717) is 17.8 Å². The molecule has 0 aromatic rings. The molecule has 0 saturated carbocycles. The molecule has 0 amide bonds. The third kappa shape index (κ3) is 2.23. The number of ether oxygens (including phenoxy) is 2. The number of fused-ring (bicyclic) bond motifs is 4. The summed E-state index contributed by atoms with van der Waals surface area (Å²) in [5.41, 5.74) is -1.65. The van der Waals surface area contributed by atoms with E-state index in [-0.39, 0.29) is 24.2 Å². The predicted molar refractivity (Wildman–Crippen MR) is 71.0 cm³/mol. The number of Topliss-reactive ketones (excluding diaryl/α,β-unsaturated/α-hetero) is 1. The summed E-state index contributed by atoms with van der Waals surface area (Å²) in [6.45, 7) is 2.82. The van der Waals surface area contributed by atoms with Crippen LogP contribution in [-0.4, -0.2) is 45.9 Å². The van der Waals surface area contributed by atoms with Gasteiger partial charge in [0, 0.05) is 18.4 Å². The third-order valence-corrected chi connectivity index (χ3v) is 4.40. The first kappa shape index (κ1) is 14.4. The van der Waals surface area contributed by atoms with Crippen LogP contribution in [0.3, 0.4) is 0 Å². The molecule has 3 atom stereocenters. The number of hydrogen-bond donors (Lipinski definition) is 2. The van der Waals surface area contributed by atoms with Crippen LogP contribution in [0.15, 0.2) is 23.0 Å². The summed E-state index contributed by atoms with van der Waals surface area (Å²) in [6.07, 6.45) is 1.67. The van der Waals surface area contributed by atoms with Gasteiger partial charge in [0.2, 0.25) is 0 Å². The van der Waals surface area contributed by atoms with Crippen molar-refractivity contribution in [3.8, 4) is 0 Å². The molecule has 6 nitrogen and oxygen atoms in total. The molecular weight excluding hydrogens is 276 g/mol. The smallest absolute Gasteiger partial charge is 0.342 e. The minimum atomic E-state index is -1.52. The molecule has 6 heteroatoms. The number of carbonyl (C=O) groups excluding carboxylic acids is 2. The average molecular weight is 294 g/mol. The second-order valence-electron chi connectivity index (χ2n) is 6.27. The lowest BCUT2D eigenvalue weighted by Crippen LogP contribution is -2.48. The first-order valence-corrected chi connectivity index (χ1v) is 6.98. The lowest BCUT2D eigenvalue weighted by atomic mass is 9.80. The van der Waals surface area contributed by atoms with Crippen molar-refractivity contribution in [3.05, 3.63) is 23.0 Å². The Hall–Kier alpha value is -1.50. The summed E-state index contributed by atoms with van der Waals surface area (Å²) in [5.74, 6) is -0.454. The fourth-order valence-electron chi connectivity index (χ4n) is 3.16. The number of aliphatic hydroxyl groups excluding tert-OH is 1. The normalized spacial score (nSPS) is 39.4. The molecule has 3 aliphatic rings. The molecule has 0 spiro atoms. The third-order valence-electron chi connectivity index (χ3n) is 4.40. The Bertz CT molecular complexity index is 585. The van der Waals surface area contributed by atoms with Crippen LogP contribution in [0.2, 0.25) is 0 Å². The van der Waals surface area contributed by atoms with Gasteiger partial charge in [0.15, 0.2) is 5.78 Å². The monoisotopic (exact) mass is 294 g/mol. The molecule has 1 fully saturated rings. The van der Waals surface area contributed by atoms with Crippen molar-refractivity contribution in [1.29, 1.82) is 0 Å². The summed E-state index contributed by atoms with van der Waals surface area (Å²) in [6, 6.07) is 0. The lowest BCUT2D eigenvalue weighted by molar-refractivity contribution is -0.150. The maximum Gasteiger partial charge on any atom is 0.342 e. The molecule has 0 radical (unpaired) electrons. The van der Waals surface area contributed by atoms with E-state index in [1.807, 2.05) is 6.92 Å². The Labute approximate surface area is 122 Å². The fraction of sp³-hybridized carbons (Fsp3) is 0.600. The van der Waals surface area contributed by atoms with Crippen LogP contribution in [0, 0.1) is 0 Å². The van der Waals surface area contributed by atoms with Gasteiger partial charge in [-0.3, -0.25) is 4.79 Å². The largest absolute Gasteiger partial charge is 0.423 e. The first-order chi connectivity index (χ1) is 9.76. The van der Waals surface area contributed by atoms with E-state index < -0.39 is 29.9 Å². The molecule has 0 aliphatic carbocycles. The Morgan fingerprint density at radius 2 is 2.10 bits per heavy atom. The summed E-state index contributed by atoms with van der Waals surface area (Å²) in [5, 5.41) is 19.7. The minimum Gasteiger partial charge on any atom is -0.423 e. The van der Waals surface area contributed by atoms with Gasteiger partial charge in [-0.1, -0.05) is 0 Å². The molecule has 0 unspecified atom stereocenters. The van der Waals surface area contributed by atoms with Gasteiger partial charge in [-0.15, -0.1) is 0 Å². The van der Waals surface area contributed by atoms with Crippen LogP contribution in [0.4, 0.5) is 0 Å². The topological polar surface area (TPSA) is 93.1 Å². The molecular formula is C15H18O6. The summed E-state index contributed by atoms with van der Waals surface area (Å²) < 4.78 is 11.2. The van der Waals surface area contributed by atoms with Gasteiger partial charge in [0.05, 0.1) is 23.9 Å². The zero-order valence-corrected chi connectivity index (χ0v) is 12.0. The standard InChI is InChI=1S/C15H18O6/c1-14-4-3-11(17)15(2,19)6-10(21-14)12-8(7-16)13(18)20-9(12)5-14/h5,10,16,19H,3-4,6-7H2,1-2H3/t10-,14+,15+/m1/s1. The number of aliphatic hydroxyl groups is 2. The van der Waals surface area contributed by atoms with Crippen molar-refractivity contribution < 1.29 is 29.3 Å². The molecule has 0 aromatic heterocycles. The Morgan fingerprint density at radius 1 is 1.38 bits per heavy atom.